The molecule has 2 aromatic rings. The molecule has 2 heteroatoms. The maximum absolute atomic E-state index is 9.11. The van der Waals surface area contributed by atoms with E-state index in [0.29, 0.717) is 11.5 Å². The zero-order valence-corrected chi connectivity index (χ0v) is 10.2. The van der Waals surface area contributed by atoms with Crippen LogP contribution in [0.1, 0.15) is 18.1 Å². The second-order valence-electron chi connectivity index (χ2n) is 3.77. The van der Waals surface area contributed by atoms with Gasteiger partial charge in [-0.1, -0.05) is 43.3 Å². The highest BCUT2D eigenvalue weighted by molar-refractivity contribution is 5.31. The Kier molecular flexibility index (Phi) is 5.08. The molecule has 0 amide bonds. The number of rotatable bonds is 1. The monoisotopic (exact) mass is 230 g/mol. The lowest BCUT2D eigenvalue weighted by Gasteiger charge is -1.97. The molecule has 0 unspecified atom stereocenters. The molecule has 2 N–H and O–H groups in total. The van der Waals surface area contributed by atoms with Gasteiger partial charge in [0, 0.05) is 0 Å². The Morgan fingerprint density at radius 2 is 1.35 bits per heavy atom. The molecular weight excluding hydrogens is 212 g/mol. The fraction of sp³-hybridized carbons (Fsp3) is 0.200. The summed E-state index contributed by atoms with van der Waals surface area (Å²) in [6.45, 7) is 3.89. The first-order valence-corrected chi connectivity index (χ1v) is 5.66. The Morgan fingerprint density at radius 3 is 1.71 bits per heavy atom. The van der Waals surface area contributed by atoms with Gasteiger partial charge in [0.1, 0.15) is 11.5 Å². The first-order valence-electron chi connectivity index (χ1n) is 5.66. The Balaban J connectivity index is 0.000000171. The van der Waals surface area contributed by atoms with Gasteiger partial charge in [0.25, 0.3) is 0 Å². The number of phenols is 2. The van der Waals surface area contributed by atoms with Crippen LogP contribution in [0.25, 0.3) is 0 Å². The van der Waals surface area contributed by atoms with E-state index in [1.165, 1.54) is 0 Å². The van der Waals surface area contributed by atoms with Crippen molar-refractivity contribution in [3.05, 3.63) is 59.7 Å². The molecular formula is C15H18O2. The molecule has 0 bridgehead atoms. The predicted octanol–water partition coefficient (Wildman–Crippen LogP) is 3.66. The molecule has 0 radical (unpaired) electrons. The number of hydrogen-bond donors (Lipinski definition) is 2. The van der Waals surface area contributed by atoms with Crippen LogP contribution in [0.15, 0.2) is 48.5 Å². The van der Waals surface area contributed by atoms with Crippen LogP contribution in [-0.2, 0) is 6.42 Å². The van der Waals surface area contributed by atoms with Crippen molar-refractivity contribution in [2.24, 2.45) is 0 Å². The molecule has 0 fully saturated rings. The normalized spacial score (nSPS) is 9.29. The van der Waals surface area contributed by atoms with Crippen molar-refractivity contribution in [2.45, 2.75) is 20.3 Å². The summed E-state index contributed by atoms with van der Waals surface area (Å²) in [6, 6.07) is 14.6. The number of aryl methyl sites for hydroxylation is 2. The van der Waals surface area contributed by atoms with Crippen LogP contribution in [0.5, 0.6) is 11.5 Å². The summed E-state index contributed by atoms with van der Waals surface area (Å²) in [5.74, 6) is 0.771. The molecule has 0 aliphatic carbocycles. The number of benzene rings is 2. The van der Waals surface area contributed by atoms with Crippen molar-refractivity contribution >= 4 is 0 Å². The second kappa shape index (κ2) is 6.59. The lowest BCUT2D eigenvalue weighted by molar-refractivity contribution is 0.469. The zero-order valence-electron chi connectivity index (χ0n) is 10.2. The number of hydrogen-bond acceptors (Lipinski definition) is 2. The molecule has 2 rings (SSSR count). The third-order valence-electron chi connectivity index (χ3n) is 2.49. The smallest absolute Gasteiger partial charge is 0.118 e. The number of aromatic hydroxyl groups is 2. The lowest BCUT2D eigenvalue weighted by atomic mass is 10.1. The fourth-order valence-electron chi connectivity index (χ4n) is 1.37. The Morgan fingerprint density at radius 1 is 0.824 bits per heavy atom. The predicted molar refractivity (Wildman–Crippen MR) is 70.3 cm³/mol. The third-order valence-corrected chi connectivity index (χ3v) is 2.49. The van der Waals surface area contributed by atoms with Gasteiger partial charge in [-0.15, -0.1) is 0 Å². The van der Waals surface area contributed by atoms with E-state index in [2.05, 4.69) is 0 Å². The van der Waals surface area contributed by atoms with Crippen LogP contribution in [0, 0.1) is 6.92 Å². The highest BCUT2D eigenvalue weighted by atomic mass is 16.3. The molecule has 2 nitrogen and oxygen atoms in total. The van der Waals surface area contributed by atoms with Crippen molar-refractivity contribution in [3.63, 3.8) is 0 Å². The van der Waals surface area contributed by atoms with Gasteiger partial charge < -0.3 is 10.2 Å². The van der Waals surface area contributed by atoms with Gasteiger partial charge in [0.05, 0.1) is 0 Å². The third kappa shape index (κ3) is 4.19. The van der Waals surface area contributed by atoms with E-state index in [0.717, 1.165) is 17.5 Å². The van der Waals surface area contributed by atoms with Crippen molar-refractivity contribution in [3.8, 4) is 11.5 Å². The molecule has 0 atom stereocenters. The largest absolute Gasteiger partial charge is 0.508 e. The van der Waals surface area contributed by atoms with Crippen LogP contribution in [0.2, 0.25) is 0 Å². The van der Waals surface area contributed by atoms with E-state index in [-0.39, 0.29) is 0 Å². The first kappa shape index (κ1) is 13.1. The first-order chi connectivity index (χ1) is 8.15. The van der Waals surface area contributed by atoms with Gasteiger partial charge in [-0.2, -0.15) is 0 Å². The lowest BCUT2D eigenvalue weighted by Crippen LogP contribution is -1.77. The van der Waals surface area contributed by atoms with Gasteiger partial charge in [-0.25, -0.2) is 0 Å². The van der Waals surface area contributed by atoms with E-state index >= 15 is 0 Å². The molecule has 0 aliphatic heterocycles. The maximum atomic E-state index is 9.11. The average molecular weight is 230 g/mol. The van der Waals surface area contributed by atoms with Gasteiger partial charge in [0.15, 0.2) is 0 Å². The van der Waals surface area contributed by atoms with Gasteiger partial charge in [0.2, 0.25) is 0 Å². The molecule has 0 aromatic heterocycles. The average Bonchev–Trinajstić information content (AvgIpc) is 2.34. The molecule has 90 valence electrons. The standard InChI is InChI=1S/C8H10O.C7H8O/c1-2-7-5-3-4-6-8(7)9;1-6-4-2-3-5-7(6)8/h3-6,9H,2H2,1H3;2-5,8H,1H3. The molecule has 0 heterocycles. The second-order valence-corrected chi connectivity index (χ2v) is 3.77. The Hall–Kier alpha value is -1.96. The molecule has 17 heavy (non-hydrogen) atoms. The summed E-state index contributed by atoms with van der Waals surface area (Å²) in [7, 11) is 0. The van der Waals surface area contributed by atoms with Crippen LogP contribution >= 0.6 is 0 Å². The topological polar surface area (TPSA) is 40.5 Å². The van der Waals surface area contributed by atoms with Crippen molar-refractivity contribution in [1.82, 2.24) is 0 Å². The van der Waals surface area contributed by atoms with Crippen molar-refractivity contribution < 1.29 is 10.2 Å². The molecule has 0 saturated carbocycles. The summed E-state index contributed by atoms with van der Waals surface area (Å²) in [5.41, 5.74) is 1.94. The van der Waals surface area contributed by atoms with Crippen LogP contribution < -0.4 is 0 Å². The Labute approximate surface area is 102 Å². The van der Waals surface area contributed by atoms with Crippen molar-refractivity contribution in [1.29, 1.82) is 0 Å². The minimum Gasteiger partial charge on any atom is -0.508 e. The highest BCUT2D eigenvalue weighted by Crippen LogP contribution is 2.15. The molecule has 2 aromatic carbocycles. The van der Waals surface area contributed by atoms with E-state index < -0.39 is 0 Å². The maximum Gasteiger partial charge on any atom is 0.118 e. The van der Waals surface area contributed by atoms with Crippen molar-refractivity contribution in [2.75, 3.05) is 0 Å². The molecule has 0 aliphatic rings. The number of phenolic OH excluding ortho intramolecular Hbond substituents is 2. The zero-order chi connectivity index (χ0) is 12.7. The molecule has 0 spiro atoms. The van der Waals surface area contributed by atoms with Crippen LogP contribution in [0.3, 0.4) is 0 Å². The van der Waals surface area contributed by atoms with Crippen LogP contribution in [0.4, 0.5) is 0 Å². The van der Waals surface area contributed by atoms with E-state index in [1.54, 1.807) is 12.1 Å². The highest BCUT2D eigenvalue weighted by Gasteiger charge is 1.92. The quantitative estimate of drug-likeness (QED) is 0.785. The minimum absolute atomic E-state index is 0.368. The van der Waals surface area contributed by atoms with E-state index in [9.17, 15) is 0 Å². The number of para-hydroxylation sites is 2. The van der Waals surface area contributed by atoms with Gasteiger partial charge in [-0.05, 0) is 36.6 Å². The van der Waals surface area contributed by atoms with Gasteiger partial charge >= 0.3 is 0 Å². The van der Waals surface area contributed by atoms with Gasteiger partial charge in [-0.3, -0.25) is 0 Å². The summed E-state index contributed by atoms with van der Waals surface area (Å²) >= 11 is 0. The van der Waals surface area contributed by atoms with Crippen LogP contribution in [-0.4, -0.2) is 10.2 Å². The van der Waals surface area contributed by atoms with E-state index in [1.807, 2.05) is 50.2 Å². The summed E-state index contributed by atoms with van der Waals surface area (Å²) in [4.78, 5) is 0. The van der Waals surface area contributed by atoms with E-state index in [4.69, 9.17) is 10.2 Å². The Bertz CT molecular complexity index is 443. The summed E-state index contributed by atoms with van der Waals surface area (Å²) in [5, 5.41) is 18.0. The minimum atomic E-state index is 0.368. The molecule has 0 saturated heterocycles. The summed E-state index contributed by atoms with van der Waals surface area (Å²) in [6.07, 6.45) is 0.896. The fourth-order valence-corrected chi connectivity index (χ4v) is 1.37. The SMILES string of the molecule is CCc1ccccc1O.Cc1ccccc1O. The summed E-state index contributed by atoms with van der Waals surface area (Å²) < 4.78 is 0.